The van der Waals surface area contributed by atoms with Crippen LogP contribution < -0.4 is 0 Å². The Balaban J connectivity index is 1.98. The van der Waals surface area contributed by atoms with Crippen molar-refractivity contribution in [2.75, 3.05) is 6.16 Å². The fraction of sp³-hybridized carbons (Fsp3) is 1.00. The minimum atomic E-state index is 0.901. The molecule has 10 heavy (non-hydrogen) atoms. The van der Waals surface area contributed by atoms with E-state index in [-0.39, 0.29) is 0 Å². The predicted octanol–water partition coefficient (Wildman–Crippen LogP) is 3.16. The van der Waals surface area contributed by atoms with Gasteiger partial charge in [0.2, 0.25) is 0 Å². The summed E-state index contributed by atoms with van der Waals surface area (Å²) in [7, 11) is 1.33. The van der Waals surface area contributed by atoms with Crippen LogP contribution in [0.25, 0.3) is 0 Å². The quantitative estimate of drug-likeness (QED) is 0.472. The lowest BCUT2D eigenvalue weighted by Gasteiger charge is -2.32. The zero-order valence-electron chi connectivity index (χ0n) is 6.66. The molecule has 1 unspecified atom stereocenters. The first-order valence-corrected chi connectivity index (χ1v) is 5.87. The maximum atomic E-state index is 1.57. The van der Waals surface area contributed by atoms with Gasteiger partial charge in [0.25, 0.3) is 0 Å². The molecule has 0 bridgehead atoms. The molecule has 2 rings (SSSR count). The highest BCUT2D eigenvalue weighted by Gasteiger charge is 2.34. The fourth-order valence-corrected chi connectivity index (χ4v) is 4.47. The minimum Gasteiger partial charge on any atom is -0.116 e. The third-order valence-corrected chi connectivity index (χ3v) is 5.25. The Morgan fingerprint density at radius 1 is 0.800 bits per heavy atom. The van der Waals surface area contributed by atoms with Gasteiger partial charge in [0.1, 0.15) is 0 Å². The first-order chi connectivity index (χ1) is 4.91. The second kappa shape index (κ2) is 2.81. The summed E-state index contributed by atoms with van der Waals surface area (Å²) < 4.78 is 0. The number of hydrogen-bond acceptors (Lipinski definition) is 0. The summed E-state index contributed by atoms with van der Waals surface area (Å²) in [5, 5.41) is 0.901. The molecule has 0 N–H and O–H groups in total. The summed E-state index contributed by atoms with van der Waals surface area (Å²) >= 11 is 0. The third-order valence-electron chi connectivity index (χ3n) is 3.14. The van der Waals surface area contributed by atoms with Gasteiger partial charge in [0.05, 0.1) is 0 Å². The summed E-state index contributed by atoms with van der Waals surface area (Å²) in [6, 6.07) is 0. The smallest absolute Gasteiger partial charge is 0.0122 e. The molecule has 1 aliphatic heterocycles. The van der Waals surface area contributed by atoms with Gasteiger partial charge >= 0.3 is 0 Å². The van der Waals surface area contributed by atoms with Crippen LogP contribution in [-0.2, 0) is 0 Å². The lowest BCUT2D eigenvalue weighted by Crippen LogP contribution is -2.22. The molecule has 0 radical (unpaired) electrons. The van der Waals surface area contributed by atoms with Gasteiger partial charge in [-0.1, -0.05) is 19.3 Å². The van der Waals surface area contributed by atoms with E-state index >= 15 is 0 Å². The Labute approximate surface area is 65.6 Å². The number of hydrogen-bond donors (Lipinski definition) is 0. The summed E-state index contributed by atoms with van der Waals surface area (Å²) in [5.41, 5.74) is 0. The van der Waals surface area contributed by atoms with Crippen molar-refractivity contribution < 1.29 is 0 Å². The van der Waals surface area contributed by atoms with E-state index in [1.54, 1.807) is 31.8 Å². The van der Waals surface area contributed by atoms with Crippen LogP contribution in [0.5, 0.6) is 0 Å². The highest BCUT2D eigenvalue weighted by molar-refractivity contribution is 7.40. The maximum Gasteiger partial charge on any atom is -0.0122 e. The average molecular weight is 156 g/mol. The van der Waals surface area contributed by atoms with E-state index in [9.17, 15) is 0 Å². The van der Waals surface area contributed by atoms with Crippen LogP contribution in [0.2, 0.25) is 0 Å². The van der Waals surface area contributed by atoms with Gasteiger partial charge in [0, 0.05) is 0 Å². The van der Waals surface area contributed by atoms with Gasteiger partial charge in [-0.15, -0.1) is 8.58 Å². The molecule has 1 heterocycles. The van der Waals surface area contributed by atoms with Crippen LogP contribution in [-0.4, -0.2) is 11.3 Å². The van der Waals surface area contributed by atoms with E-state index in [1.165, 1.54) is 27.8 Å². The first kappa shape index (κ1) is 7.10. The Bertz CT molecular complexity index is 106. The van der Waals surface area contributed by atoms with Crippen molar-refractivity contribution >= 4 is 8.58 Å². The second-order valence-corrected chi connectivity index (χ2v) is 5.79. The van der Waals surface area contributed by atoms with Crippen LogP contribution >= 0.6 is 8.58 Å². The molecule has 1 atom stereocenters. The molecule has 58 valence electrons. The Morgan fingerprint density at radius 2 is 1.50 bits per heavy atom. The topological polar surface area (TPSA) is 0 Å². The molecule has 1 aliphatic carbocycles. The molecular formula is C9H17P. The SMILES string of the molecule is C1CCC2(CC1)CCCP2. The van der Waals surface area contributed by atoms with Gasteiger partial charge in [0.15, 0.2) is 0 Å². The van der Waals surface area contributed by atoms with E-state index in [0.717, 1.165) is 5.16 Å². The van der Waals surface area contributed by atoms with E-state index in [2.05, 4.69) is 0 Å². The standard InChI is InChI=1S/C9H17P/c1-2-5-9(6-3-1)7-4-8-10-9/h10H,1-8H2. The molecular weight excluding hydrogens is 139 g/mol. The van der Waals surface area contributed by atoms with Crippen molar-refractivity contribution in [3.8, 4) is 0 Å². The van der Waals surface area contributed by atoms with Crippen LogP contribution in [0.1, 0.15) is 44.9 Å². The zero-order chi connectivity index (χ0) is 6.86. The number of rotatable bonds is 0. The van der Waals surface area contributed by atoms with Crippen LogP contribution in [0.15, 0.2) is 0 Å². The Kier molecular flexibility index (Phi) is 2.00. The molecule has 2 aliphatic rings. The van der Waals surface area contributed by atoms with Gasteiger partial charge in [-0.3, -0.25) is 0 Å². The molecule has 1 spiro atoms. The highest BCUT2D eigenvalue weighted by atomic mass is 31.1. The third kappa shape index (κ3) is 1.23. The van der Waals surface area contributed by atoms with Gasteiger partial charge in [-0.05, 0) is 37.0 Å². The second-order valence-electron chi connectivity index (χ2n) is 3.87. The van der Waals surface area contributed by atoms with Crippen molar-refractivity contribution in [1.82, 2.24) is 0 Å². The van der Waals surface area contributed by atoms with Gasteiger partial charge in [-0.2, -0.15) is 0 Å². The largest absolute Gasteiger partial charge is 0.116 e. The van der Waals surface area contributed by atoms with Crippen LogP contribution in [0, 0.1) is 0 Å². The summed E-state index contributed by atoms with van der Waals surface area (Å²) in [4.78, 5) is 0. The van der Waals surface area contributed by atoms with Gasteiger partial charge < -0.3 is 0 Å². The van der Waals surface area contributed by atoms with Gasteiger partial charge in [-0.25, -0.2) is 0 Å². The highest BCUT2D eigenvalue weighted by Crippen LogP contribution is 2.52. The van der Waals surface area contributed by atoms with Crippen molar-refractivity contribution in [2.45, 2.75) is 50.1 Å². The normalized spacial score (nSPS) is 33.6. The summed E-state index contributed by atoms with van der Waals surface area (Å²) in [5.74, 6) is 0. The fourth-order valence-electron chi connectivity index (χ4n) is 2.52. The van der Waals surface area contributed by atoms with E-state index in [1.807, 2.05) is 0 Å². The van der Waals surface area contributed by atoms with E-state index in [4.69, 9.17) is 0 Å². The first-order valence-electron chi connectivity index (χ1n) is 4.66. The van der Waals surface area contributed by atoms with Crippen LogP contribution in [0.4, 0.5) is 0 Å². The van der Waals surface area contributed by atoms with Crippen molar-refractivity contribution in [3.63, 3.8) is 0 Å². The zero-order valence-corrected chi connectivity index (χ0v) is 7.66. The van der Waals surface area contributed by atoms with E-state index in [0.29, 0.717) is 0 Å². The van der Waals surface area contributed by atoms with Crippen molar-refractivity contribution in [1.29, 1.82) is 0 Å². The molecule has 0 amide bonds. The molecule has 1 saturated heterocycles. The molecule has 0 aromatic rings. The molecule has 0 aromatic carbocycles. The molecule has 0 aromatic heterocycles. The predicted molar refractivity (Wildman–Crippen MR) is 48.2 cm³/mol. The average Bonchev–Trinajstić information content (AvgIpc) is 2.39. The summed E-state index contributed by atoms with van der Waals surface area (Å²) in [6.07, 6.45) is 12.4. The lowest BCUT2D eigenvalue weighted by molar-refractivity contribution is 0.385. The van der Waals surface area contributed by atoms with Crippen LogP contribution in [0.3, 0.4) is 0 Å². The summed E-state index contributed by atoms with van der Waals surface area (Å²) in [6.45, 7) is 0. The van der Waals surface area contributed by atoms with Crippen molar-refractivity contribution in [3.05, 3.63) is 0 Å². The molecule has 1 saturated carbocycles. The maximum absolute atomic E-state index is 1.57. The molecule has 2 fully saturated rings. The monoisotopic (exact) mass is 156 g/mol. The van der Waals surface area contributed by atoms with E-state index < -0.39 is 0 Å². The Hall–Kier alpha value is 0.430. The minimum absolute atomic E-state index is 0.901. The molecule has 0 nitrogen and oxygen atoms in total. The van der Waals surface area contributed by atoms with Crippen molar-refractivity contribution in [2.24, 2.45) is 0 Å². The lowest BCUT2D eigenvalue weighted by atomic mass is 9.85. The Morgan fingerprint density at radius 3 is 2.10 bits per heavy atom. The molecule has 1 heteroatoms.